The molecule has 0 spiro atoms. The number of ether oxygens (including phenoxy) is 1. The molecule has 5 nitrogen and oxygen atoms in total. The molecule has 2 rings (SSSR count). The van der Waals surface area contributed by atoms with Crippen molar-refractivity contribution in [1.82, 2.24) is 15.0 Å². The topological polar surface area (TPSA) is 57.0 Å². The Labute approximate surface area is 113 Å². The summed E-state index contributed by atoms with van der Waals surface area (Å²) in [7, 11) is 1.36. The fourth-order valence-electron chi connectivity index (χ4n) is 1.49. The smallest absolute Gasteiger partial charge is 0.311 e. The Morgan fingerprint density at radius 1 is 1.39 bits per heavy atom. The van der Waals surface area contributed by atoms with Gasteiger partial charge in [-0.15, -0.1) is 5.10 Å². The minimum absolute atomic E-state index is 0.150. The first-order chi connectivity index (χ1) is 8.67. The highest BCUT2D eigenvalue weighted by Gasteiger charge is 2.07. The molecule has 0 amide bonds. The number of hydrogen-bond acceptors (Lipinski definition) is 4. The SMILES string of the molecule is COC(=O)Cc1cn(Cc2ccc(Br)cc2)nn1. The van der Waals surface area contributed by atoms with E-state index < -0.39 is 0 Å². The lowest BCUT2D eigenvalue weighted by Gasteiger charge is -2.00. The molecule has 0 saturated heterocycles. The number of carbonyl (C=O) groups is 1. The first kappa shape index (κ1) is 12.8. The number of nitrogens with zero attached hydrogens (tertiary/aromatic N) is 3. The van der Waals surface area contributed by atoms with Gasteiger partial charge < -0.3 is 4.74 Å². The Morgan fingerprint density at radius 3 is 2.78 bits per heavy atom. The van der Waals surface area contributed by atoms with Crippen LogP contribution >= 0.6 is 15.9 Å². The van der Waals surface area contributed by atoms with Crippen molar-refractivity contribution in [1.29, 1.82) is 0 Å². The molecule has 0 aliphatic carbocycles. The zero-order valence-electron chi connectivity index (χ0n) is 9.84. The van der Waals surface area contributed by atoms with Gasteiger partial charge in [0.05, 0.1) is 25.8 Å². The number of methoxy groups -OCH3 is 1. The number of esters is 1. The molecular formula is C12H12BrN3O2. The second-order valence-corrected chi connectivity index (χ2v) is 4.70. The Hall–Kier alpha value is -1.69. The monoisotopic (exact) mass is 309 g/mol. The number of carbonyl (C=O) groups excluding carboxylic acids is 1. The van der Waals surface area contributed by atoms with E-state index in [1.54, 1.807) is 10.9 Å². The van der Waals surface area contributed by atoms with Crippen molar-refractivity contribution < 1.29 is 9.53 Å². The molecule has 18 heavy (non-hydrogen) atoms. The fourth-order valence-corrected chi connectivity index (χ4v) is 1.76. The van der Waals surface area contributed by atoms with Gasteiger partial charge in [0, 0.05) is 10.7 Å². The van der Waals surface area contributed by atoms with Gasteiger partial charge in [-0.2, -0.15) is 0 Å². The van der Waals surface area contributed by atoms with E-state index in [0.29, 0.717) is 12.2 Å². The fraction of sp³-hybridized carbons (Fsp3) is 0.250. The van der Waals surface area contributed by atoms with E-state index >= 15 is 0 Å². The van der Waals surface area contributed by atoms with Gasteiger partial charge >= 0.3 is 5.97 Å². The van der Waals surface area contributed by atoms with Gasteiger partial charge in [0.25, 0.3) is 0 Å². The van der Waals surface area contributed by atoms with Crippen LogP contribution in [-0.2, 0) is 22.5 Å². The number of halogens is 1. The molecule has 2 aromatic rings. The summed E-state index contributed by atoms with van der Waals surface area (Å²) in [5.74, 6) is -0.314. The van der Waals surface area contributed by atoms with E-state index in [9.17, 15) is 4.79 Å². The van der Waals surface area contributed by atoms with Crippen molar-refractivity contribution in [2.75, 3.05) is 7.11 Å². The second kappa shape index (κ2) is 5.77. The largest absolute Gasteiger partial charge is 0.469 e. The van der Waals surface area contributed by atoms with Gasteiger partial charge in [0.2, 0.25) is 0 Å². The first-order valence-electron chi connectivity index (χ1n) is 5.37. The van der Waals surface area contributed by atoms with Crippen LogP contribution in [0.2, 0.25) is 0 Å². The number of benzene rings is 1. The predicted octanol–water partition coefficient (Wildman–Crippen LogP) is 1.80. The van der Waals surface area contributed by atoms with Crippen molar-refractivity contribution >= 4 is 21.9 Å². The maximum atomic E-state index is 11.1. The minimum Gasteiger partial charge on any atom is -0.469 e. The summed E-state index contributed by atoms with van der Waals surface area (Å²) >= 11 is 3.38. The summed E-state index contributed by atoms with van der Waals surface area (Å²) in [6.45, 7) is 0.626. The molecule has 0 fully saturated rings. The Bertz CT molecular complexity index is 537. The average Bonchev–Trinajstić information content (AvgIpc) is 2.79. The normalized spacial score (nSPS) is 10.3. The summed E-state index contributed by atoms with van der Waals surface area (Å²) in [4.78, 5) is 11.1. The van der Waals surface area contributed by atoms with Crippen molar-refractivity contribution in [2.24, 2.45) is 0 Å². The molecule has 0 N–H and O–H groups in total. The molecule has 0 radical (unpaired) electrons. The van der Waals surface area contributed by atoms with Gasteiger partial charge in [0.15, 0.2) is 0 Å². The molecule has 1 heterocycles. The zero-order valence-corrected chi connectivity index (χ0v) is 11.4. The molecule has 1 aromatic carbocycles. The van der Waals surface area contributed by atoms with E-state index in [2.05, 4.69) is 31.0 Å². The molecule has 6 heteroatoms. The van der Waals surface area contributed by atoms with Crippen LogP contribution in [0.15, 0.2) is 34.9 Å². The lowest BCUT2D eigenvalue weighted by atomic mass is 10.2. The maximum absolute atomic E-state index is 11.1. The van der Waals surface area contributed by atoms with Gasteiger partial charge in [-0.05, 0) is 17.7 Å². The average molecular weight is 310 g/mol. The van der Waals surface area contributed by atoms with E-state index in [1.807, 2.05) is 24.3 Å². The highest BCUT2D eigenvalue weighted by molar-refractivity contribution is 9.10. The number of hydrogen-bond donors (Lipinski definition) is 0. The standard InChI is InChI=1S/C12H12BrN3O2/c1-18-12(17)6-11-8-16(15-14-11)7-9-2-4-10(13)5-3-9/h2-5,8H,6-7H2,1H3. The van der Waals surface area contributed by atoms with Crippen LogP contribution in [0.5, 0.6) is 0 Å². The van der Waals surface area contributed by atoms with Crippen LogP contribution in [0.1, 0.15) is 11.3 Å². The van der Waals surface area contributed by atoms with Crippen molar-refractivity contribution in [3.8, 4) is 0 Å². The first-order valence-corrected chi connectivity index (χ1v) is 6.17. The molecule has 1 aromatic heterocycles. The lowest BCUT2D eigenvalue weighted by Crippen LogP contribution is -2.04. The zero-order chi connectivity index (χ0) is 13.0. The van der Waals surface area contributed by atoms with E-state index in [0.717, 1.165) is 10.0 Å². The summed E-state index contributed by atoms with van der Waals surface area (Å²) < 4.78 is 7.31. The number of rotatable bonds is 4. The Morgan fingerprint density at radius 2 is 2.11 bits per heavy atom. The summed E-state index contributed by atoms with van der Waals surface area (Å²) in [5.41, 5.74) is 1.73. The van der Waals surface area contributed by atoms with E-state index in [4.69, 9.17) is 0 Å². The highest BCUT2D eigenvalue weighted by atomic mass is 79.9. The molecule has 0 bridgehead atoms. The molecule has 94 valence electrons. The lowest BCUT2D eigenvalue weighted by molar-refractivity contribution is -0.139. The molecule has 0 aliphatic heterocycles. The maximum Gasteiger partial charge on any atom is 0.311 e. The molecule has 0 atom stereocenters. The van der Waals surface area contributed by atoms with Gasteiger partial charge in [-0.1, -0.05) is 33.3 Å². The van der Waals surface area contributed by atoms with Crippen LogP contribution in [0.4, 0.5) is 0 Å². The highest BCUT2D eigenvalue weighted by Crippen LogP contribution is 2.11. The van der Waals surface area contributed by atoms with Crippen LogP contribution < -0.4 is 0 Å². The van der Waals surface area contributed by atoms with Crippen LogP contribution in [0, 0.1) is 0 Å². The number of aromatic nitrogens is 3. The Balaban J connectivity index is 2.02. The minimum atomic E-state index is -0.314. The summed E-state index contributed by atoms with van der Waals surface area (Å²) in [6, 6.07) is 7.96. The third-order valence-corrected chi connectivity index (χ3v) is 2.93. The van der Waals surface area contributed by atoms with Crippen LogP contribution in [0.3, 0.4) is 0 Å². The third kappa shape index (κ3) is 3.40. The van der Waals surface area contributed by atoms with E-state index in [1.165, 1.54) is 7.11 Å². The molecule has 0 aliphatic rings. The summed E-state index contributed by atoms with van der Waals surface area (Å²) in [5, 5.41) is 7.89. The van der Waals surface area contributed by atoms with Crippen molar-refractivity contribution in [2.45, 2.75) is 13.0 Å². The Kier molecular flexibility index (Phi) is 4.09. The second-order valence-electron chi connectivity index (χ2n) is 3.79. The van der Waals surface area contributed by atoms with Gasteiger partial charge in [-0.25, -0.2) is 4.68 Å². The third-order valence-electron chi connectivity index (χ3n) is 2.40. The predicted molar refractivity (Wildman–Crippen MR) is 69.0 cm³/mol. The van der Waals surface area contributed by atoms with Gasteiger partial charge in [-0.3, -0.25) is 4.79 Å². The molecular weight excluding hydrogens is 298 g/mol. The molecule has 0 saturated carbocycles. The summed E-state index contributed by atoms with van der Waals surface area (Å²) in [6.07, 6.45) is 1.90. The van der Waals surface area contributed by atoms with Gasteiger partial charge in [0.1, 0.15) is 0 Å². The molecule has 0 unspecified atom stereocenters. The van der Waals surface area contributed by atoms with Crippen LogP contribution in [0.25, 0.3) is 0 Å². The van der Waals surface area contributed by atoms with E-state index in [-0.39, 0.29) is 12.4 Å². The quantitative estimate of drug-likeness (QED) is 0.808. The van der Waals surface area contributed by atoms with Crippen molar-refractivity contribution in [3.63, 3.8) is 0 Å². The van der Waals surface area contributed by atoms with Crippen LogP contribution in [-0.4, -0.2) is 28.1 Å². The van der Waals surface area contributed by atoms with Crippen molar-refractivity contribution in [3.05, 3.63) is 46.2 Å².